The minimum Gasteiger partial charge on any atom is -0.481 e. The van der Waals surface area contributed by atoms with E-state index in [-0.39, 0.29) is 28.5 Å². The van der Waals surface area contributed by atoms with Crippen LogP contribution in [0.2, 0.25) is 0 Å². The molecule has 1 fully saturated rings. The molecule has 3 aliphatic rings. The van der Waals surface area contributed by atoms with Crippen molar-refractivity contribution >= 4 is 23.9 Å². The van der Waals surface area contributed by atoms with Crippen LogP contribution in [0.15, 0.2) is 52.8 Å². The molecule has 2 aliphatic heterocycles. The number of nitrogens with one attached hydrogen (secondary N) is 1. The monoisotopic (exact) mass is 517 g/mol. The summed E-state index contributed by atoms with van der Waals surface area (Å²) < 4.78 is 4.98. The lowest BCUT2D eigenvalue weighted by atomic mass is 9.67. The SMILES string of the molecule is COc1cc(C(=O)[N+]2(C(C)(C)C)N=CC3=C2C(=O)CC2(CCNCC2)C3)cc(-c2ccc(C(=O)O)cc2)n1. The van der Waals surface area contributed by atoms with E-state index in [1.807, 2.05) is 20.8 Å². The van der Waals surface area contributed by atoms with Crippen molar-refractivity contribution in [3.8, 4) is 17.1 Å². The maximum Gasteiger partial charge on any atom is 0.377 e. The van der Waals surface area contributed by atoms with Crippen molar-refractivity contribution in [3.63, 3.8) is 0 Å². The smallest absolute Gasteiger partial charge is 0.377 e. The van der Waals surface area contributed by atoms with E-state index >= 15 is 0 Å². The Morgan fingerprint density at radius 3 is 2.34 bits per heavy atom. The molecule has 1 unspecified atom stereocenters. The van der Waals surface area contributed by atoms with Gasteiger partial charge in [0, 0.05) is 23.6 Å². The molecular weight excluding hydrogens is 484 g/mol. The third kappa shape index (κ3) is 4.16. The number of carboxylic acid groups (broad SMARTS) is 1. The Hall–Kier alpha value is -3.69. The molecule has 2 N–H and O–H groups in total. The van der Waals surface area contributed by atoms with E-state index in [4.69, 9.17) is 9.84 Å². The first kappa shape index (κ1) is 25.9. The van der Waals surface area contributed by atoms with Crippen LogP contribution in [-0.2, 0) is 4.79 Å². The number of allylic oxidation sites excluding steroid dienone is 2. The molecule has 2 aromatic rings. The molecule has 1 aromatic heterocycles. The van der Waals surface area contributed by atoms with Gasteiger partial charge < -0.3 is 15.2 Å². The Morgan fingerprint density at radius 2 is 1.74 bits per heavy atom. The van der Waals surface area contributed by atoms with E-state index in [9.17, 15) is 19.5 Å². The molecule has 3 heterocycles. The fourth-order valence-corrected chi connectivity index (χ4v) is 5.99. The predicted molar refractivity (Wildman–Crippen MR) is 142 cm³/mol. The summed E-state index contributed by atoms with van der Waals surface area (Å²) in [6.07, 6.45) is 4.75. The second-order valence-electron chi connectivity index (χ2n) is 11.4. The van der Waals surface area contributed by atoms with E-state index in [0.717, 1.165) is 37.9 Å². The van der Waals surface area contributed by atoms with Gasteiger partial charge in [0.05, 0.1) is 30.1 Å². The predicted octanol–water partition coefficient (Wildman–Crippen LogP) is 4.20. The molecule has 9 nitrogen and oxygen atoms in total. The molecule has 1 saturated heterocycles. The van der Waals surface area contributed by atoms with Crippen LogP contribution in [0, 0.1) is 5.41 Å². The van der Waals surface area contributed by atoms with Gasteiger partial charge in [0.1, 0.15) is 5.54 Å². The van der Waals surface area contributed by atoms with Gasteiger partial charge in [-0.25, -0.2) is 14.6 Å². The molecule has 9 heteroatoms. The van der Waals surface area contributed by atoms with Crippen molar-refractivity contribution < 1.29 is 28.8 Å². The van der Waals surface area contributed by atoms with Crippen molar-refractivity contribution in [1.82, 2.24) is 10.3 Å². The number of aromatic carboxylic acids is 1. The highest BCUT2D eigenvalue weighted by Crippen LogP contribution is 2.50. The summed E-state index contributed by atoms with van der Waals surface area (Å²) in [5, 5.41) is 17.4. The number of methoxy groups -OCH3 is 1. The van der Waals surface area contributed by atoms with E-state index in [1.165, 1.54) is 19.2 Å². The topological polar surface area (TPSA) is 118 Å². The fraction of sp³-hybridized carbons (Fsp3) is 0.414. The summed E-state index contributed by atoms with van der Waals surface area (Å²) in [5.74, 6) is -1.14. The van der Waals surface area contributed by atoms with Crippen LogP contribution in [-0.4, -0.2) is 64.3 Å². The number of ether oxygens (including phenoxy) is 1. The number of quaternary nitrogens is 1. The number of rotatable bonds is 4. The normalized spacial score (nSPS) is 22.5. The second-order valence-corrected chi connectivity index (χ2v) is 11.4. The summed E-state index contributed by atoms with van der Waals surface area (Å²) in [7, 11) is 1.47. The molecule has 198 valence electrons. The number of hydrogen-bond donors (Lipinski definition) is 2. The first-order chi connectivity index (χ1) is 18.0. The number of benzene rings is 1. The lowest BCUT2D eigenvalue weighted by Crippen LogP contribution is -2.60. The summed E-state index contributed by atoms with van der Waals surface area (Å²) in [5.41, 5.74) is 2.06. The maximum atomic E-state index is 14.5. The number of nitrogens with zero attached hydrogens (tertiary/aromatic N) is 3. The number of hydrogen-bond acceptors (Lipinski definition) is 7. The minimum atomic E-state index is -1.03. The van der Waals surface area contributed by atoms with Crippen LogP contribution < -0.4 is 10.1 Å². The van der Waals surface area contributed by atoms with E-state index in [0.29, 0.717) is 28.9 Å². The van der Waals surface area contributed by atoms with Crippen molar-refractivity contribution in [2.45, 2.75) is 52.0 Å². The zero-order valence-electron chi connectivity index (χ0n) is 22.2. The number of piperidine rings is 1. The lowest BCUT2D eigenvalue weighted by molar-refractivity contribution is -0.860. The molecule has 0 radical (unpaired) electrons. The Morgan fingerprint density at radius 1 is 1.05 bits per heavy atom. The number of ketones is 1. The highest BCUT2D eigenvalue weighted by molar-refractivity contribution is 6.06. The van der Waals surface area contributed by atoms with Gasteiger partial charge in [-0.2, -0.15) is 0 Å². The van der Waals surface area contributed by atoms with Crippen molar-refractivity contribution in [2.75, 3.05) is 20.2 Å². The summed E-state index contributed by atoms with van der Waals surface area (Å²) in [4.78, 5) is 44.1. The zero-order valence-corrected chi connectivity index (χ0v) is 22.2. The molecule has 1 aromatic carbocycles. The molecular formula is C29H33N4O5+. The first-order valence-electron chi connectivity index (χ1n) is 12.9. The number of pyridine rings is 1. The number of Topliss-reactive ketones (excluding diaryl/α,β-unsaturated/α-hetero) is 1. The van der Waals surface area contributed by atoms with Crippen LogP contribution in [0.3, 0.4) is 0 Å². The molecule has 0 bridgehead atoms. The largest absolute Gasteiger partial charge is 0.481 e. The summed E-state index contributed by atoms with van der Waals surface area (Å²) >= 11 is 0. The van der Waals surface area contributed by atoms with Gasteiger partial charge in [0.15, 0.2) is 0 Å². The summed E-state index contributed by atoms with van der Waals surface area (Å²) in [6, 6.07) is 9.49. The highest BCUT2D eigenvalue weighted by Gasteiger charge is 2.61. The van der Waals surface area contributed by atoms with Gasteiger partial charge in [-0.1, -0.05) is 21.8 Å². The number of carbonyl (C=O) groups excluding carboxylic acids is 2. The average Bonchev–Trinajstić information content (AvgIpc) is 3.29. The third-order valence-corrected chi connectivity index (χ3v) is 7.99. The summed E-state index contributed by atoms with van der Waals surface area (Å²) in [6.45, 7) is 7.54. The molecule has 1 atom stereocenters. The quantitative estimate of drug-likeness (QED) is 0.584. The van der Waals surface area contributed by atoms with E-state index in [2.05, 4.69) is 10.3 Å². The molecule has 5 rings (SSSR count). The second kappa shape index (κ2) is 9.25. The van der Waals surface area contributed by atoms with Gasteiger partial charge in [0.2, 0.25) is 17.4 Å². The standard InChI is InChI=1S/C29H32N4O5/c1-28(2,3)33(25-21(17-31-33)15-29(16-23(25)34)9-11-30-12-10-29)26(35)20-13-22(32-24(14-20)38-4)18-5-7-19(8-6-18)27(36)37/h5-8,13-14,17,30H,9-12,15-16H2,1-4H3/p+1. The van der Waals surface area contributed by atoms with Crippen molar-refractivity contribution in [2.24, 2.45) is 10.5 Å². The van der Waals surface area contributed by atoms with Crippen LogP contribution in [0.4, 0.5) is 0 Å². The fourth-order valence-electron chi connectivity index (χ4n) is 5.99. The molecule has 1 spiro atoms. The van der Waals surface area contributed by atoms with Crippen LogP contribution in [0.25, 0.3) is 11.3 Å². The molecule has 38 heavy (non-hydrogen) atoms. The van der Waals surface area contributed by atoms with Crippen molar-refractivity contribution in [1.29, 1.82) is 0 Å². The van der Waals surface area contributed by atoms with Gasteiger partial charge >= 0.3 is 11.9 Å². The Balaban J connectivity index is 1.60. The van der Waals surface area contributed by atoms with Gasteiger partial charge in [-0.3, -0.25) is 4.79 Å². The third-order valence-electron chi connectivity index (χ3n) is 7.99. The Bertz CT molecular complexity index is 1380. The number of carboxylic acids is 1. The van der Waals surface area contributed by atoms with Crippen LogP contribution in [0.5, 0.6) is 5.88 Å². The highest BCUT2D eigenvalue weighted by atomic mass is 16.5. The van der Waals surface area contributed by atoms with E-state index in [1.54, 1.807) is 30.5 Å². The Labute approximate surface area is 221 Å². The number of aromatic nitrogens is 1. The minimum absolute atomic E-state index is 0.0144. The van der Waals surface area contributed by atoms with Crippen LogP contribution in [0.1, 0.15) is 67.2 Å². The first-order valence-corrected chi connectivity index (χ1v) is 12.9. The van der Waals surface area contributed by atoms with Gasteiger partial charge in [-0.15, -0.1) is 0 Å². The van der Waals surface area contributed by atoms with Crippen molar-refractivity contribution in [3.05, 3.63) is 58.8 Å². The zero-order chi connectivity index (χ0) is 27.3. The van der Waals surface area contributed by atoms with E-state index < -0.39 is 16.1 Å². The van der Waals surface area contributed by atoms with Gasteiger partial charge in [0.25, 0.3) is 0 Å². The van der Waals surface area contributed by atoms with Crippen LogP contribution >= 0.6 is 0 Å². The molecule has 0 saturated carbocycles. The lowest BCUT2D eigenvalue weighted by Gasteiger charge is -2.43. The molecule has 1 amide bonds. The average molecular weight is 518 g/mol. The molecule has 1 aliphatic carbocycles. The van der Waals surface area contributed by atoms with Gasteiger partial charge in [-0.05, 0) is 76.7 Å². The Kier molecular flexibility index (Phi) is 6.31. The number of carbonyl (C=O) groups is 3. The maximum absolute atomic E-state index is 14.5. The number of amides is 1.